The van der Waals surface area contributed by atoms with Gasteiger partial charge in [0.25, 0.3) is 0 Å². The maximum atomic E-state index is 12.7. The average Bonchev–Trinajstić information content (AvgIpc) is 2.83. The molecule has 0 atom stereocenters. The van der Waals surface area contributed by atoms with E-state index in [9.17, 15) is 4.79 Å². The molecule has 2 amide bonds. The number of aromatic nitrogens is 2. The third-order valence-electron chi connectivity index (χ3n) is 5.62. The van der Waals surface area contributed by atoms with Crippen LogP contribution in [-0.4, -0.2) is 75.4 Å². The van der Waals surface area contributed by atoms with Gasteiger partial charge in [-0.05, 0) is 30.3 Å². The number of hydrogen-bond donors (Lipinski definition) is 1. The Morgan fingerprint density at radius 1 is 0.969 bits per heavy atom. The molecule has 9 heteroatoms. The van der Waals surface area contributed by atoms with Gasteiger partial charge in [0.15, 0.2) is 11.5 Å². The van der Waals surface area contributed by atoms with Gasteiger partial charge in [-0.15, -0.1) is 0 Å². The number of amides is 2. The van der Waals surface area contributed by atoms with Gasteiger partial charge in [0.2, 0.25) is 0 Å². The summed E-state index contributed by atoms with van der Waals surface area (Å²) in [6.45, 7) is 2.54. The fourth-order valence-corrected chi connectivity index (χ4v) is 3.79. The molecule has 1 aliphatic heterocycles. The minimum absolute atomic E-state index is 0.0961. The van der Waals surface area contributed by atoms with E-state index in [1.807, 2.05) is 60.3 Å². The molecule has 2 heterocycles. The summed E-state index contributed by atoms with van der Waals surface area (Å²) in [7, 11) is 7.19. The second kappa shape index (κ2) is 9.17. The van der Waals surface area contributed by atoms with Crippen molar-refractivity contribution in [1.29, 1.82) is 0 Å². The number of methoxy groups -OCH3 is 2. The first-order valence-corrected chi connectivity index (χ1v) is 10.4. The highest BCUT2D eigenvalue weighted by molar-refractivity contribution is 5.92. The third kappa shape index (κ3) is 4.32. The number of carbonyl (C=O) groups excluding carboxylic acids is 1. The Hall–Kier alpha value is -3.75. The molecule has 1 aromatic heterocycles. The number of fused-ring (bicyclic) bond motifs is 1. The summed E-state index contributed by atoms with van der Waals surface area (Å²) in [6.07, 6.45) is 1.56. The lowest BCUT2D eigenvalue weighted by atomic mass is 10.2. The number of hydrogen-bond acceptors (Lipinski definition) is 7. The molecule has 0 radical (unpaired) electrons. The zero-order chi connectivity index (χ0) is 22.7. The van der Waals surface area contributed by atoms with Crippen LogP contribution in [0.3, 0.4) is 0 Å². The van der Waals surface area contributed by atoms with Gasteiger partial charge in [-0.25, -0.2) is 14.8 Å². The van der Waals surface area contributed by atoms with Crippen molar-refractivity contribution in [3.63, 3.8) is 0 Å². The van der Waals surface area contributed by atoms with Crippen LogP contribution in [0, 0.1) is 0 Å². The Balaban J connectivity index is 1.44. The Morgan fingerprint density at radius 2 is 1.62 bits per heavy atom. The van der Waals surface area contributed by atoms with E-state index in [-0.39, 0.29) is 6.03 Å². The number of nitrogens with zero attached hydrogens (tertiary/aromatic N) is 5. The highest BCUT2D eigenvalue weighted by Crippen LogP contribution is 2.34. The summed E-state index contributed by atoms with van der Waals surface area (Å²) in [5, 5.41) is 3.88. The number of benzene rings is 2. The van der Waals surface area contributed by atoms with E-state index in [0.717, 1.165) is 28.1 Å². The van der Waals surface area contributed by atoms with Gasteiger partial charge in [0, 0.05) is 63.1 Å². The van der Waals surface area contributed by atoms with Crippen LogP contribution < -0.4 is 24.6 Å². The smallest absolute Gasteiger partial charge is 0.321 e. The van der Waals surface area contributed by atoms with E-state index in [0.29, 0.717) is 37.7 Å². The van der Waals surface area contributed by atoms with E-state index in [1.54, 1.807) is 20.5 Å². The summed E-state index contributed by atoms with van der Waals surface area (Å²) in [4.78, 5) is 27.6. The molecule has 1 aliphatic rings. The number of urea groups is 1. The minimum atomic E-state index is -0.0961. The van der Waals surface area contributed by atoms with E-state index < -0.39 is 0 Å². The second-order valence-electron chi connectivity index (χ2n) is 7.77. The average molecular weight is 437 g/mol. The largest absolute Gasteiger partial charge is 0.493 e. The van der Waals surface area contributed by atoms with Gasteiger partial charge in [-0.3, -0.25) is 0 Å². The molecule has 3 aromatic rings. The SMILES string of the molecule is COc1cc2ncnc(N3CCN(C(=O)Nc4ccc(N(C)C)cc4)CC3)c2cc1OC. The van der Waals surface area contributed by atoms with Crippen molar-refractivity contribution in [2.75, 3.05) is 69.6 Å². The molecule has 9 nitrogen and oxygen atoms in total. The van der Waals surface area contributed by atoms with Crippen molar-refractivity contribution in [1.82, 2.24) is 14.9 Å². The number of nitrogens with one attached hydrogen (secondary N) is 1. The van der Waals surface area contributed by atoms with Crippen LogP contribution in [0.1, 0.15) is 0 Å². The van der Waals surface area contributed by atoms with Crippen LogP contribution in [-0.2, 0) is 0 Å². The summed E-state index contributed by atoms with van der Waals surface area (Å²) in [6, 6.07) is 11.5. The second-order valence-corrected chi connectivity index (χ2v) is 7.77. The number of piperazine rings is 1. The minimum Gasteiger partial charge on any atom is -0.493 e. The normalized spacial score (nSPS) is 13.8. The van der Waals surface area contributed by atoms with Gasteiger partial charge < -0.3 is 29.5 Å². The standard InChI is InChI=1S/C23H28N6O3/c1-27(2)17-7-5-16(6-8-17)26-23(30)29-11-9-28(10-12-29)22-18-13-20(31-3)21(32-4)14-19(18)24-15-25-22/h5-8,13-15H,9-12H2,1-4H3,(H,26,30). The third-order valence-corrected chi connectivity index (χ3v) is 5.62. The highest BCUT2D eigenvalue weighted by atomic mass is 16.5. The van der Waals surface area contributed by atoms with Gasteiger partial charge in [-0.2, -0.15) is 0 Å². The topological polar surface area (TPSA) is 83.1 Å². The zero-order valence-electron chi connectivity index (χ0n) is 18.8. The Kier molecular flexibility index (Phi) is 6.16. The monoisotopic (exact) mass is 436 g/mol. The molecule has 1 saturated heterocycles. The maximum Gasteiger partial charge on any atom is 0.321 e. The molecular weight excluding hydrogens is 408 g/mol. The van der Waals surface area contributed by atoms with Crippen molar-refractivity contribution in [3.8, 4) is 11.5 Å². The fraction of sp³-hybridized carbons (Fsp3) is 0.348. The number of carbonyl (C=O) groups is 1. The van der Waals surface area contributed by atoms with Gasteiger partial charge in [-0.1, -0.05) is 0 Å². The van der Waals surface area contributed by atoms with Gasteiger partial charge in [0.1, 0.15) is 12.1 Å². The predicted molar refractivity (Wildman–Crippen MR) is 126 cm³/mol. The van der Waals surface area contributed by atoms with Crippen molar-refractivity contribution >= 4 is 34.1 Å². The first-order chi connectivity index (χ1) is 15.5. The molecule has 4 rings (SSSR count). The van der Waals surface area contributed by atoms with Crippen LogP contribution in [0.4, 0.5) is 22.0 Å². The lowest BCUT2D eigenvalue weighted by Crippen LogP contribution is -2.50. The molecule has 1 fully saturated rings. The van der Waals surface area contributed by atoms with E-state index in [4.69, 9.17) is 9.47 Å². The van der Waals surface area contributed by atoms with Crippen LogP contribution in [0.5, 0.6) is 11.5 Å². The molecule has 0 aliphatic carbocycles. The molecule has 32 heavy (non-hydrogen) atoms. The number of anilines is 3. The number of ether oxygens (including phenoxy) is 2. The first-order valence-electron chi connectivity index (χ1n) is 10.4. The predicted octanol–water partition coefficient (Wildman–Crippen LogP) is 3.07. The molecule has 0 unspecified atom stereocenters. The molecular formula is C23H28N6O3. The Morgan fingerprint density at radius 3 is 2.25 bits per heavy atom. The molecule has 0 saturated carbocycles. The van der Waals surface area contributed by atoms with Crippen molar-refractivity contribution in [2.45, 2.75) is 0 Å². The summed E-state index contributed by atoms with van der Waals surface area (Å²) < 4.78 is 10.8. The van der Waals surface area contributed by atoms with Crippen LogP contribution in [0.25, 0.3) is 10.9 Å². The fourth-order valence-electron chi connectivity index (χ4n) is 3.79. The zero-order valence-corrected chi connectivity index (χ0v) is 18.8. The maximum absolute atomic E-state index is 12.7. The molecule has 0 bridgehead atoms. The van der Waals surface area contributed by atoms with E-state index >= 15 is 0 Å². The van der Waals surface area contributed by atoms with Crippen molar-refractivity contribution in [2.24, 2.45) is 0 Å². The van der Waals surface area contributed by atoms with Gasteiger partial charge >= 0.3 is 6.03 Å². The quantitative estimate of drug-likeness (QED) is 0.658. The number of rotatable bonds is 5. The molecule has 1 N–H and O–H groups in total. The highest BCUT2D eigenvalue weighted by Gasteiger charge is 2.24. The van der Waals surface area contributed by atoms with E-state index in [2.05, 4.69) is 20.2 Å². The van der Waals surface area contributed by atoms with Crippen molar-refractivity contribution < 1.29 is 14.3 Å². The Bertz CT molecular complexity index is 1090. The van der Waals surface area contributed by atoms with Crippen LogP contribution >= 0.6 is 0 Å². The lowest BCUT2D eigenvalue weighted by molar-refractivity contribution is 0.208. The molecule has 0 spiro atoms. The summed E-state index contributed by atoms with van der Waals surface area (Å²) in [5.74, 6) is 2.09. The molecule has 168 valence electrons. The summed E-state index contributed by atoms with van der Waals surface area (Å²) in [5.41, 5.74) is 2.66. The molecule has 2 aromatic carbocycles. The van der Waals surface area contributed by atoms with Crippen LogP contribution in [0.15, 0.2) is 42.7 Å². The van der Waals surface area contributed by atoms with Gasteiger partial charge in [0.05, 0.1) is 19.7 Å². The Labute approximate surface area is 187 Å². The van der Waals surface area contributed by atoms with Crippen molar-refractivity contribution in [3.05, 3.63) is 42.7 Å². The first kappa shape index (κ1) is 21.5. The van der Waals surface area contributed by atoms with Crippen LogP contribution in [0.2, 0.25) is 0 Å². The lowest BCUT2D eigenvalue weighted by Gasteiger charge is -2.35. The summed E-state index contributed by atoms with van der Waals surface area (Å²) >= 11 is 0. The van der Waals surface area contributed by atoms with E-state index in [1.165, 1.54) is 0 Å².